The number of para-hydroxylation sites is 2. The van der Waals surface area contributed by atoms with Crippen LogP contribution >= 0.6 is 0 Å². The van der Waals surface area contributed by atoms with Gasteiger partial charge in [-0.25, -0.2) is 9.48 Å². The van der Waals surface area contributed by atoms with Gasteiger partial charge in [-0.3, -0.25) is 5.01 Å². The van der Waals surface area contributed by atoms with Gasteiger partial charge in [0.2, 0.25) is 0 Å². The third-order valence-electron chi connectivity index (χ3n) is 5.35. The van der Waals surface area contributed by atoms with E-state index in [9.17, 15) is 4.79 Å². The van der Waals surface area contributed by atoms with Gasteiger partial charge in [-0.2, -0.15) is 10.2 Å². The van der Waals surface area contributed by atoms with Gasteiger partial charge in [0.25, 0.3) is 0 Å². The highest BCUT2D eigenvalue weighted by atomic mass is 16.4. The third-order valence-corrected chi connectivity index (χ3v) is 5.35. The predicted molar refractivity (Wildman–Crippen MR) is 118 cm³/mol. The summed E-state index contributed by atoms with van der Waals surface area (Å²) in [6.45, 7) is 1.91. The molecule has 4 aromatic rings. The fourth-order valence-corrected chi connectivity index (χ4v) is 3.77. The van der Waals surface area contributed by atoms with Crippen LogP contribution in [0.4, 0.5) is 0 Å². The quantitative estimate of drug-likeness (QED) is 0.376. The fourth-order valence-electron chi connectivity index (χ4n) is 3.77. The zero-order chi connectivity index (χ0) is 20.3. The Morgan fingerprint density at radius 1 is 0.967 bits per heavy atom. The Kier molecular flexibility index (Phi) is 4.89. The van der Waals surface area contributed by atoms with Crippen molar-refractivity contribution in [2.75, 3.05) is 13.1 Å². The molecule has 0 spiro atoms. The molecular formula is C24H22N4O2. The van der Waals surface area contributed by atoms with Crippen LogP contribution in [0.5, 0.6) is 0 Å². The maximum atomic E-state index is 12.8. The van der Waals surface area contributed by atoms with E-state index in [1.54, 1.807) is 10.7 Å². The molecule has 150 valence electrons. The van der Waals surface area contributed by atoms with E-state index >= 15 is 0 Å². The van der Waals surface area contributed by atoms with E-state index in [4.69, 9.17) is 9.52 Å². The van der Waals surface area contributed by atoms with E-state index < -0.39 is 5.63 Å². The first-order chi connectivity index (χ1) is 14.8. The summed E-state index contributed by atoms with van der Waals surface area (Å²) in [5.41, 5.74) is 2.87. The molecule has 2 aromatic heterocycles. The summed E-state index contributed by atoms with van der Waals surface area (Å²) in [4.78, 5) is 12.8. The smallest absolute Gasteiger partial charge is 0.345 e. The molecule has 0 unspecified atom stereocenters. The van der Waals surface area contributed by atoms with Crippen molar-refractivity contribution in [1.29, 1.82) is 0 Å². The molecule has 0 amide bonds. The Labute approximate surface area is 174 Å². The van der Waals surface area contributed by atoms with E-state index in [-0.39, 0.29) is 0 Å². The Balaban J connectivity index is 1.62. The Morgan fingerprint density at radius 3 is 2.57 bits per heavy atom. The summed E-state index contributed by atoms with van der Waals surface area (Å²) in [5.74, 6) is 0. The monoisotopic (exact) mass is 398 g/mol. The molecule has 6 heteroatoms. The molecule has 0 aliphatic carbocycles. The van der Waals surface area contributed by atoms with Crippen LogP contribution < -0.4 is 5.63 Å². The average Bonchev–Trinajstić information content (AvgIpc) is 3.22. The van der Waals surface area contributed by atoms with Crippen molar-refractivity contribution < 1.29 is 4.42 Å². The van der Waals surface area contributed by atoms with Gasteiger partial charge in [0.1, 0.15) is 11.3 Å². The topological polar surface area (TPSA) is 63.6 Å². The van der Waals surface area contributed by atoms with Crippen molar-refractivity contribution in [2.45, 2.75) is 19.3 Å². The Hall–Kier alpha value is -3.67. The van der Waals surface area contributed by atoms with Crippen LogP contribution in [0.1, 0.15) is 24.8 Å². The minimum absolute atomic E-state index is 0.403. The minimum Gasteiger partial charge on any atom is -0.422 e. The Morgan fingerprint density at radius 2 is 1.73 bits per heavy atom. The predicted octanol–water partition coefficient (Wildman–Crippen LogP) is 4.47. The number of nitrogens with zero attached hydrogens (tertiary/aromatic N) is 4. The lowest BCUT2D eigenvalue weighted by Gasteiger charge is -2.23. The summed E-state index contributed by atoms with van der Waals surface area (Å²) >= 11 is 0. The second-order valence-corrected chi connectivity index (χ2v) is 7.46. The fraction of sp³-hybridized carbons (Fsp3) is 0.208. The van der Waals surface area contributed by atoms with Crippen LogP contribution in [0.3, 0.4) is 0 Å². The van der Waals surface area contributed by atoms with E-state index in [1.807, 2.05) is 67.0 Å². The highest BCUT2D eigenvalue weighted by molar-refractivity contribution is 5.90. The molecule has 5 rings (SSSR count). The van der Waals surface area contributed by atoms with Crippen LogP contribution in [-0.4, -0.2) is 34.1 Å². The number of piperidine rings is 1. The molecule has 0 N–H and O–H groups in total. The van der Waals surface area contributed by atoms with Crippen LogP contribution in [0, 0.1) is 0 Å². The van der Waals surface area contributed by atoms with Crippen LogP contribution in [0.2, 0.25) is 0 Å². The van der Waals surface area contributed by atoms with Gasteiger partial charge < -0.3 is 4.42 Å². The number of rotatable bonds is 4. The lowest BCUT2D eigenvalue weighted by molar-refractivity contribution is 0.240. The molecule has 0 saturated carbocycles. The number of hydrazone groups is 1. The van der Waals surface area contributed by atoms with E-state index in [0.717, 1.165) is 42.6 Å². The summed E-state index contributed by atoms with van der Waals surface area (Å²) < 4.78 is 7.33. The normalized spacial score (nSPS) is 14.6. The molecule has 0 atom stereocenters. The second-order valence-electron chi connectivity index (χ2n) is 7.46. The van der Waals surface area contributed by atoms with Crippen molar-refractivity contribution in [3.8, 4) is 16.9 Å². The minimum atomic E-state index is -0.403. The molecule has 6 nitrogen and oxygen atoms in total. The van der Waals surface area contributed by atoms with E-state index in [2.05, 4.69) is 10.1 Å². The van der Waals surface area contributed by atoms with Crippen molar-refractivity contribution >= 4 is 17.2 Å². The van der Waals surface area contributed by atoms with Gasteiger partial charge in [-0.15, -0.1) is 0 Å². The largest absolute Gasteiger partial charge is 0.422 e. The van der Waals surface area contributed by atoms with E-state index in [1.165, 1.54) is 6.42 Å². The molecule has 1 aliphatic heterocycles. The first-order valence-electron chi connectivity index (χ1n) is 10.3. The first kappa shape index (κ1) is 18.4. The van der Waals surface area contributed by atoms with Gasteiger partial charge in [0.05, 0.1) is 17.5 Å². The maximum absolute atomic E-state index is 12.8. The first-order valence-corrected chi connectivity index (χ1v) is 10.3. The highest BCUT2D eigenvalue weighted by Gasteiger charge is 2.17. The van der Waals surface area contributed by atoms with E-state index in [0.29, 0.717) is 16.8 Å². The highest BCUT2D eigenvalue weighted by Crippen LogP contribution is 2.24. The summed E-state index contributed by atoms with van der Waals surface area (Å²) in [6.07, 6.45) is 7.28. The van der Waals surface area contributed by atoms with Crippen molar-refractivity contribution in [3.05, 3.63) is 82.8 Å². The molecule has 30 heavy (non-hydrogen) atoms. The molecule has 1 aliphatic rings. The molecule has 1 fully saturated rings. The standard InChI is InChI=1S/C24H22N4O2/c29-24-21(15-18-9-5-6-12-22(18)30-24)23-19(16-25-27-13-7-2-8-14-27)17-28(26-23)20-10-3-1-4-11-20/h1,3-6,9-12,15-17H,2,7-8,13-14H2. The SMILES string of the molecule is O=c1oc2ccccc2cc1-c1nn(-c2ccccc2)cc1C=NN1CCCCC1. The van der Waals surface area contributed by atoms with Crippen molar-refractivity contribution in [2.24, 2.45) is 5.10 Å². The summed E-state index contributed by atoms with van der Waals surface area (Å²) in [7, 11) is 0. The van der Waals surface area contributed by atoms with Crippen LogP contribution in [0.15, 0.2) is 81.2 Å². The molecule has 2 aromatic carbocycles. The molecule has 0 radical (unpaired) electrons. The lowest BCUT2D eigenvalue weighted by atomic mass is 10.1. The lowest BCUT2D eigenvalue weighted by Crippen LogP contribution is -2.24. The summed E-state index contributed by atoms with van der Waals surface area (Å²) in [5, 5.41) is 12.3. The molecule has 0 bridgehead atoms. The summed E-state index contributed by atoms with van der Waals surface area (Å²) in [6, 6.07) is 19.2. The van der Waals surface area contributed by atoms with Gasteiger partial charge in [-0.05, 0) is 43.5 Å². The van der Waals surface area contributed by atoms with Gasteiger partial charge >= 0.3 is 5.63 Å². The molecule has 1 saturated heterocycles. The molecular weight excluding hydrogens is 376 g/mol. The second kappa shape index (κ2) is 7.99. The van der Waals surface area contributed by atoms with Crippen LogP contribution in [0.25, 0.3) is 27.9 Å². The number of fused-ring (bicyclic) bond motifs is 1. The average molecular weight is 398 g/mol. The third kappa shape index (κ3) is 3.64. The molecule has 3 heterocycles. The zero-order valence-electron chi connectivity index (χ0n) is 16.6. The zero-order valence-corrected chi connectivity index (χ0v) is 16.6. The van der Waals surface area contributed by atoms with Crippen LogP contribution in [-0.2, 0) is 0 Å². The van der Waals surface area contributed by atoms with Crippen molar-refractivity contribution in [3.63, 3.8) is 0 Å². The number of hydrogen-bond donors (Lipinski definition) is 0. The van der Waals surface area contributed by atoms with Gasteiger partial charge in [-0.1, -0.05) is 36.4 Å². The number of hydrogen-bond acceptors (Lipinski definition) is 5. The Bertz CT molecular complexity index is 1250. The number of aromatic nitrogens is 2. The number of benzene rings is 2. The van der Waals surface area contributed by atoms with Gasteiger partial charge in [0.15, 0.2) is 0 Å². The maximum Gasteiger partial charge on any atom is 0.345 e. The van der Waals surface area contributed by atoms with Crippen molar-refractivity contribution in [1.82, 2.24) is 14.8 Å². The van der Waals surface area contributed by atoms with Gasteiger partial charge in [0, 0.05) is 30.2 Å².